The lowest BCUT2D eigenvalue weighted by atomic mass is 9.97. The van der Waals surface area contributed by atoms with Crippen molar-refractivity contribution in [2.75, 3.05) is 7.11 Å². The first kappa shape index (κ1) is 15.2. The normalized spacial score (nSPS) is 12.9. The fraction of sp³-hybridized carbons (Fsp3) is 0.312. The summed E-state index contributed by atoms with van der Waals surface area (Å²) in [6.45, 7) is 7.70. The van der Waals surface area contributed by atoms with Crippen molar-refractivity contribution in [1.82, 2.24) is 0 Å². The smallest absolute Gasteiger partial charge is 0.337 e. The highest BCUT2D eigenvalue weighted by molar-refractivity contribution is 5.89. The van der Waals surface area contributed by atoms with Crippen LogP contribution < -0.4 is 0 Å². The SMILES string of the molecule is C=C(C)/C=C(\CC)[C@H](O)c1ccc(C(=O)OC)cc1. The van der Waals surface area contributed by atoms with E-state index in [9.17, 15) is 9.90 Å². The maximum absolute atomic E-state index is 11.3. The van der Waals surface area contributed by atoms with Gasteiger partial charge in [0.1, 0.15) is 6.10 Å². The quantitative estimate of drug-likeness (QED) is 0.651. The van der Waals surface area contributed by atoms with E-state index in [2.05, 4.69) is 11.3 Å². The van der Waals surface area contributed by atoms with E-state index in [-0.39, 0.29) is 5.97 Å². The highest BCUT2D eigenvalue weighted by Gasteiger charge is 2.13. The Labute approximate surface area is 114 Å². The molecule has 1 aromatic rings. The van der Waals surface area contributed by atoms with Crippen molar-refractivity contribution in [2.24, 2.45) is 0 Å². The number of aliphatic hydroxyl groups excluding tert-OH is 1. The molecule has 1 N–H and O–H groups in total. The number of carbonyl (C=O) groups excluding carboxylic acids is 1. The van der Waals surface area contributed by atoms with Crippen molar-refractivity contribution in [1.29, 1.82) is 0 Å². The van der Waals surface area contributed by atoms with E-state index in [1.165, 1.54) is 7.11 Å². The molecule has 0 aliphatic carbocycles. The Bertz CT molecular complexity index is 483. The van der Waals surface area contributed by atoms with E-state index >= 15 is 0 Å². The van der Waals surface area contributed by atoms with Gasteiger partial charge in [0.25, 0.3) is 0 Å². The van der Waals surface area contributed by atoms with E-state index in [0.717, 1.165) is 23.1 Å². The summed E-state index contributed by atoms with van der Waals surface area (Å²) < 4.78 is 4.63. The molecule has 0 aliphatic rings. The first-order valence-electron chi connectivity index (χ1n) is 6.21. The molecule has 0 aliphatic heterocycles. The number of benzene rings is 1. The number of rotatable bonds is 5. The fourth-order valence-corrected chi connectivity index (χ4v) is 1.82. The zero-order valence-electron chi connectivity index (χ0n) is 11.6. The molecule has 3 nitrogen and oxygen atoms in total. The van der Waals surface area contributed by atoms with Crippen molar-refractivity contribution >= 4 is 5.97 Å². The molecule has 0 spiro atoms. The van der Waals surface area contributed by atoms with Crippen LogP contribution in [0.25, 0.3) is 0 Å². The number of allylic oxidation sites excluding steroid dienone is 2. The summed E-state index contributed by atoms with van der Waals surface area (Å²) in [5.74, 6) is -0.380. The average Bonchev–Trinajstić information content (AvgIpc) is 2.43. The summed E-state index contributed by atoms with van der Waals surface area (Å²) in [6.07, 6.45) is 1.96. The molecule has 0 saturated carbocycles. The van der Waals surface area contributed by atoms with Crippen LogP contribution in [0.15, 0.2) is 48.1 Å². The van der Waals surface area contributed by atoms with Crippen molar-refractivity contribution in [3.8, 4) is 0 Å². The van der Waals surface area contributed by atoms with Crippen LogP contribution in [0.4, 0.5) is 0 Å². The summed E-state index contributed by atoms with van der Waals surface area (Å²) in [7, 11) is 1.34. The van der Waals surface area contributed by atoms with E-state index in [1.54, 1.807) is 24.3 Å². The monoisotopic (exact) mass is 260 g/mol. The molecular weight excluding hydrogens is 240 g/mol. The summed E-state index contributed by atoms with van der Waals surface area (Å²) in [5.41, 5.74) is 3.03. The van der Waals surface area contributed by atoms with Gasteiger partial charge in [-0.2, -0.15) is 0 Å². The summed E-state index contributed by atoms with van der Waals surface area (Å²) in [5, 5.41) is 10.3. The standard InChI is InChI=1S/C16H20O3/c1-5-12(10-11(2)3)15(17)13-6-8-14(9-7-13)16(18)19-4/h6-10,15,17H,2,5H2,1,3-4H3/b12-10+/t15-/m0/s1. The molecule has 0 saturated heterocycles. The molecule has 0 heterocycles. The Hall–Kier alpha value is -1.87. The van der Waals surface area contributed by atoms with Crippen LogP contribution in [0.3, 0.4) is 0 Å². The minimum absolute atomic E-state index is 0.380. The number of carbonyl (C=O) groups is 1. The van der Waals surface area contributed by atoms with Gasteiger partial charge in [-0.1, -0.05) is 37.3 Å². The van der Waals surface area contributed by atoms with Crippen molar-refractivity contribution in [3.05, 3.63) is 59.2 Å². The zero-order chi connectivity index (χ0) is 14.4. The lowest BCUT2D eigenvalue weighted by molar-refractivity contribution is 0.0600. The molecule has 0 radical (unpaired) electrons. The second kappa shape index (κ2) is 6.90. The predicted molar refractivity (Wildman–Crippen MR) is 75.9 cm³/mol. The van der Waals surface area contributed by atoms with Crippen LogP contribution in [-0.2, 0) is 4.74 Å². The Balaban J connectivity index is 2.97. The van der Waals surface area contributed by atoms with Gasteiger partial charge in [0.05, 0.1) is 12.7 Å². The topological polar surface area (TPSA) is 46.5 Å². The average molecular weight is 260 g/mol. The minimum Gasteiger partial charge on any atom is -0.465 e. The second-order valence-electron chi connectivity index (χ2n) is 4.44. The summed E-state index contributed by atoms with van der Waals surface area (Å²) in [6, 6.07) is 6.77. The molecule has 1 atom stereocenters. The van der Waals surface area contributed by atoms with Crippen molar-refractivity contribution in [2.45, 2.75) is 26.4 Å². The van der Waals surface area contributed by atoms with Gasteiger partial charge in [-0.3, -0.25) is 0 Å². The fourth-order valence-electron chi connectivity index (χ4n) is 1.82. The third kappa shape index (κ3) is 4.07. The van der Waals surface area contributed by atoms with Crippen LogP contribution in [0, 0.1) is 0 Å². The molecule has 19 heavy (non-hydrogen) atoms. The van der Waals surface area contributed by atoms with Gasteiger partial charge < -0.3 is 9.84 Å². The van der Waals surface area contributed by atoms with E-state index < -0.39 is 6.10 Å². The number of esters is 1. The van der Waals surface area contributed by atoms with Crippen LogP contribution in [0.2, 0.25) is 0 Å². The Morgan fingerprint density at radius 3 is 2.42 bits per heavy atom. The molecule has 0 unspecified atom stereocenters. The minimum atomic E-state index is -0.673. The number of hydrogen-bond acceptors (Lipinski definition) is 3. The molecule has 1 rings (SSSR count). The van der Waals surface area contributed by atoms with Gasteiger partial charge in [0.2, 0.25) is 0 Å². The molecule has 0 aromatic heterocycles. The highest BCUT2D eigenvalue weighted by Crippen LogP contribution is 2.25. The lowest BCUT2D eigenvalue weighted by Gasteiger charge is -2.14. The summed E-state index contributed by atoms with van der Waals surface area (Å²) >= 11 is 0. The second-order valence-corrected chi connectivity index (χ2v) is 4.44. The number of ether oxygens (including phenoxy) is 1. The first-order valence-corrected chi connectivity index (χ1v) is 6.21. The van der Waals surface area contributed by atoms with Crippen LogP contribution in [-0.4, -0.2) is 18.2 Å². The molecule has 3 heteroatoms. The van der Waals surface area contributed by atoms with Gasteiger partial charge in [-0.25, -0.2) is 4.79 Å². The van der Waals surface area contributed by atoms with Crippen molar-refractivity contribution < 1.29 is 14.6 Å². The largest absolute Gasteiger partial charge is 0.465 e. The molecule has 0 amide bonds. The summed E-state index contributed by atoms with van der Waals surface area (Å²) in [4.78, 5) is 11.3. The maximum Gasteiger partial charge on any atom is 0.337 e. The van der Waals surface area contributed by atoms with Crippen LogP contribution in [0.5, 0.6) is 0 Å². The molecule has 102 valence electrons. The lowest BCUT2D eigenvalue weighted by Crippen LogP contribution is -2.04. The first-order chi connectivity index (χ1) is 8.99. The van der Waals surface area contributed by atoms with Crippen LogP contribution >= 0.6 is 0 Å². The Morgan fingerprint density at radius 1 is 1.42 bits per heavy atom. The third-order valence-electron chi connectivity index (χ3n) is 2.84. The zero-order valence-corrected chi connectivity index (χ0v) is 11.6. The molecular formula is C16H20O3. The van der Waals surface area contributed by atoms with Crippen LogP contribution in [0.1, 0.15) is 42.3 Å². The van der Waals surface area contributed by atoms with Gasteiger partial charge in [0.15, 0.2) is 0 Å². The Morgan fingerprint density at radius 2 is 2.00 bits per heavy atom. The maximum atomic E-state index is 11.3. The molecule has 0 bridgehead atoms. The van der Waals surface area contributed by atoms with Gasteiger partial charge in [-0.15, -0.1) is 0 Å². The van der Waals surface area contributed by atoms with Crippen molar-refractivity contribution in [3.63, 3.8) is 0 Å². The molecule has 1 aromatic carbocycles. The van der Waals surface area contributed by atoms with Gasteiger partial charge in [0, 0.05) is 0 Å². The van der Waals surface area contributed by atoms with E-state index in [1.807, 2.05) is 19.9 Å². The van der Waals surface area contributed by atoms with E-state index in [0.29, 0.717) is 5.56 Å². The van der Waals surface area contributed by atoms with Gasteiger partial charge >= 0.3 is 5.97 Å². The highest BCUT2D eigenvalue weighted by atomic mass is 16.5. The Kier molecular flexibility index (Phi) is 5.52. The number of hydrogen-bond donors (Lipinski definition) is 1. The predicted octanol–water partition coefficient (Wildman–Crippen LogP) is 3.42. The number of methoxy groups -OCH3 is 1. The molecule has 0 fully saturated rings. The van der Waals surface area contributed by atoms with E-state index in [4.69, 9.17) is 0 Å². The third-order valence-corrected chi connectivity index (χ3v) is 2.84. The van der Waals surface area contributed by atoms with Gasteiger partial charge in [-0.05, 0) is 36.6 Å². The number of aliphatic hydroxyl groups is 1.